The van der Waals surface area contributed by atoms with Gasteiger partial charge in [0.2, 0.25) is 0 Å². The van der Waals surface area contributed by atoms with Crippen molar-refractivity contribution in [1.29, 1.82) is 0 Å². The highest BCUT2D eigenvalue weighted by molar-refractivity contribution is 5.65. The van der Waals surface area contributed by atoms with Crippen molar-refractivity contribution in [2.75, 3.05) is 19.7 Å². The lowest BCUT2D eigenvalue weighted by Crippen LogP contribution is -2.37. The third-order valence-electron chi connectivity index (χ3n) is 4.73. The Morgan fingerprint density at radius 2 is 2.08 bits per heavy atom. The summed E-state index contributed by atoms with van der Waals surface area (Å²) in [5.74, 6) is 0.758. The molecule has 2 aromatic rings. The molecule has 1 aromatic carbocycles. The minimum atomic E-state index is -0.889. The Bertz CT molecular complexity index is 767. The number of aliphatic hydroxyl groups excluding tert-OH is 1. The summed E-state index contributed by atoms with van der Waals surface area (Å²) in [5, 5.41) is 18.4. The first-order chi connectivity index (χ1) is 12.0. The van der Waals surface area contributed by atoms with Gasteiger partial charge in [0.05, 0.1) is 12.3 Å². The number of aliphatic hydroxyl groups is 1. The van der Waals surface area contributed by atoms with Crippen molar-refractivity contribution in [1.82, 2.24) is 14.5 Å². The van der Waals surface area contributed by atoms with Gasteiger partial charge in [-0.3, -0.25) is 0 Å². The maximum absolute atomic E-state index is 13.5. The third-order valence-corrected chi connectivity index (χ3v) is 4.73. The second-order valence-electron chi connectivity index (χ2n) is 6.41. The summed E-state index contributed by atoms with van der Waals surface area (Å²) in [4.78, 5) is 17.2. The van der Waals surface area contributed by atoms with E-state index in [4.69, 9.17) is 10.1 Å². The fourth-order valence-corrected chi connectivity index (χ4v) is 3.31. The van der Waals surface area contributed by atoms with Crippen LogP contribution in [0.25, 0.3) is 11.3 Å². The summed E-state index contributed by atoms with van der Waals surface area (Å²) >= 11 is 0. The molecule has 2 N–H and O–H groups in total. The maximum atomic E-state index is 13.5. The number of nitrogens with zero attached hydrogens (tertiary/aromatic N) is 3. The van der Waals surface area contributed by atoms with Crippen molar-refractivity contribution in [2.24, 2.45) is 0 Å². The van der Waals surface area contributed by atoms with Gasteiger partial charge in [-0.25, -0.2) is 14.2 Å². The molecule has 0 saturated carbocycles. The summed E-state index contributed by atoms with van der Waals surface area (Å²) in [6, 6.07) is 4.89. The van der Waals surface area contributed by atoms with Crippen LogP contribution in [-0.4, -0.2) is 50.5 Å². The van der Waals surface area contributed by atoms with Gasteiger partial charge in [-0.1, -0.05) is 0 Å². The number of aryl methyl sites for hydroxylation is 1. The normalized spacial score (nSPS) is 15.6. The number of rotatable bonds is 4. The number of imidazole rings is 1. The Kier molecular flexibility index (Phi) is 5.03. The van der Waals surface area contributed by atoms with Gasteiger partial charge < -0.3 is 19.7 Å². The number of aromatic nitrogens is 2. The van der Waals surface area contributed by atoms with Crippen LogP contribution in [0, 0.1) is 12.7 Å². The van der Waals surface area contributed by atoms with E-state index in [1.165, 1.54) is 11.0 Å². The highest BCUT2D eigenvalue weighted by Crippen LogP contribution is 2.30. The Balaban J connectivity index is 1.87. The van der Waals surface area contributed by atoms with E-state index in [0.717, 1.165) is 17.1 Å². The average Bonchev–Trinajstić information content (AvgIpc) is 3.02. The molecule has 2 heterocycles. The molecule has 1 amide bonds. The van der Waals surface area contributed by atoms with Crippen molar-refractivity contribution in [3.63, 3.8) is 0 Å². The number of hydrogen-bond acceptors (Lipinski definition) is 3. The Hall–Kier alpha value is -2.41. The molecule has 0 aliphatic carbocycles. The maximum Gasteiger partial charge on any atom is 0.407 e. The quantitative estimate of drug-likeness (QED) is 0.891. The molecule has 7 heteroatoms. The summed E-state index contributed by atoms with van der Waals surface area (Å²) in [7, 11) is 0. The first-order valence-corrected chi connectivity index (χ1v) is 8.42. The molecule has 1 saturated heterocycles. The molecule has 134 valence electrons. The molecular weight excluding hydrogens is 325 g/mol. The summed E-state index contributed by atoms with van der Waals surface area (Å²) in [6.07, 6.45) is 2.40. The van der Waals surface area contributed by atoms with Crippen molar-refractivity contribution in [2.45, 2.75) is 32.2 Å². The van der Waals surface area contributed by atoms with E-state index < -0.39 is 6.09 Å². The lowest BCUT2D eigenvalue weighted by Gasteiger charge is -2.29. The van der Waals surface area contributed by atoms with Gasteiger partial charge in [0, 0.05) is 37.3 Å². The van der Waals surface area contributed by atoms with Crippen LogP contribution in [0.2, 0.25) is 0 Å². The lowest BCUT2D eigenvalue weighted by molar-refractivity contribution is 0.131. The first-order valence-electron chi connectivity index (χ1n) is 8.42. The molecule has 0 spiro atoms. The largest absolute Gasteiger partial charge is 0.465 e. The number of benzene rings is 1. The number of amides is 1. The van der Waals surface area contributed by atoms with E-state index in [1.54, 1.807) is 19.1 Å². The smallest absolute Gasteiger partial charge is 0.407 e. The third kappa shape index (κ3) is 3.66. The molecule has 0 atom stereocenters. The van der Waals surface area contributed by atoms with E-state index >= 15 is 0 Å². The van der Waals surface area contributed by atoms with Crippen molar-refractivity contribution >= 4 is 6.09 Å². The van der Waals surface area contributed by atoms with Crippen LogP contribution in [0.1, 0.15) is 30.1 Å². The predicted octanol–water partition coefficient (Wildman–Crippen LogP) is 2.85. The number of halogens is 1. The number of piperidine rings is 1. The molecular formula is C18H22FN3O3. The lowest BCUT2D eigenvalue weighted by atomic mass is 9.96. The second kappa shape index (κ2) is 7.23. The monoisotopic (exact) mass is 347 g/mol. The topological polar surface area (TPSA) is 78.6 Å². The van der Waals surface area contributed by atoms with Crippen molar-refractivity contribution < 1.29 is 19.4 Å². The van der Waals surface area contributed by atoms with Crippen LogP contribution >= 0.6 is 0 Å². The van der Waals surface area contributed by atoms with Crippen molar-refractivity contribution in [3.8, 4) is 11.3 Å². The molecule has 1 aliphatic heterocycles. The number of carbonyl (C=O) groups is 1. The highest BCUT2D eigenvalue weighted by atomic mass is 19.1. The summed E-state index contributed by atoms with van der Waals surface area (Å²) < 4.78 is 15.4. The molecule has 3 rings (SSSR count). The molecule has 0 radical (unpaired) electrons. The predicted molar refractivity (Wildman–Crippen MR) is 91.0 cm³/mol. The van der Waals surface area contributed by atoms with Gasteiger partial charge in [-0.15, -0.1) is 0 Å². The van der Waals surface area contributed by atoms with E-state index in [1.807, 2.05) is 10.8 Å². The molecule has 1 aliphatic rings. The van der Waals surface area contributed by atoms with Crippen LogP contribution in [0.4, 0.5) is 9.18 Å². The Labute approximate surface area is 145 Å². The minimum absolute atomic E-state index is 0.000777. The fourth-order valence-electron chi connectivity index (χ4n) is 3.31. The van der Waals surface area contributed by atoms with Crippen molar-refractivity contribution in [3.05, 3.63) is 41.6 Å². The van der Waals surface area contributed by atoms with Gasteiger partial charge in [0.25, 0.3) is 0 Å². The molecule has 1 fully saturated rings. The molecule has 1 aromatic heterocycles. The van der Waals surface area contributed by atoms with E-state index in [9.17, 15) is 14.3 Å². The first kappa shape index (κ1) is 17.4. The fraction of sp³-hybridized carbons (Fsp3) is 0.444. The van der Waals surface area contributed by atoms with E-state index in [-0.39, 0.29) is 18.3 Å². The van der Waals surface area contributed by atoms with Crippen LogP contribution < -0.4 is 0 Å². The minimum Gasteiger partial charge on any atom is -0.465 e. The van der Waals surface area contributed by atoms with Crippen LogP contribution in [-0.2, 0) is 6.54 Å². The zero-order chi connectivity index (χ0) is 18.0. The van der Waals surface area contributed by atoms with E-state index in [0.29, 0.717) is 38.0 Å². The van der Waals surface area contributed by atoms with Gasteiger partial charge in [-0.05, 0) is 43.5 Å². The van der Waals surface area contributed by atoms with Crippen LogP contribution in [0.15, 0.2) is 24.4 Å². The zero-order valence-corrected chi connectivity index (χ0v) is 14.2. The van der Waals surface area contributed by atoms with Gasteiger partial charge in [0.1, 0.15) is 11.6 Å². The zero-order valence-electron chi connectivity index (χ0n) is 14.2. The summed E-state index contributed by atoms with van der Waals surface area (Å²) in [6.45, 7) is 3.11. The van der Waals surface area contributed by atoms with Crippen LogP contribution in [0.3, 0.4) is 0 Å². The van der Waals surface area contributed by atoms with Crippen LogP contribution in [0.5, 0.6) is 0 Å². The van der Waals surface area contributed by atoms with Gasteiger partial charge >= 0.3 is 6.09 Å². The van der Waals surface area contributed by atoms with E-state index in [2.05, 4.69) is 0 Å². The molecule has 0 unspecified atom stereocenters. The standard InChI is InChI=1S/C18H22FN3O3/c1-12-10-14(2-3-15(12)19)16-11-22(8-9-23)17(20-16)13-4-6-21(7-5-13)18(24)25/h2-3,10-11,13,23H,4-9H2,1H3,(H,24,25). The van der Waals surface area contributed by atoms with Gasteiger partial charge in [-0.2, -0.15) is 0 Å². The molecule has 6 nitrogen and oxygen atoms in total. The number of carboxylic acid groups (broad SMARTS) is 1. The Morgan fingerprint density at radius 1 is 1.36 bits per heavy atom. The molecule has 25 heavy (non-hydrogen) atoms. The number of hydrogen-bond donors (Lipinski definition) is 2. The SMILES string of the molecule is Cc1cc(-c2cn(CCO)c(C3CCN(C(=O)O)CC3)n2)ccc1F. The second-order valence-corrected chi connectivity index (χ2v) is 6.41. The highest BCUT2D eigenvalue weighted by Gasteiger charge is 2.27. The molecule has 0 bridgehead atoms. The summed E-state index contributed by atoms with van der Waals surface area (Å²) in [5.41, 5.74) is 2.14. The average molecular weight is 347 g/mol. The number of likely N-dealkylation sites (tertiary alicyclic amines) is 1. The van der Waals surface area contributed by atoms with Gasteiger partial charge in [0.15, 0.2) is 0 Å². The Morgan fingerprint density at radius 3 is 2.68 bits per heavy atom.